The molecule has 0 saturated carbocycles. The maximum atomic E-state index is 13.4. The summed E-state index contributed by atoms with van der Waals surface area (Å²) in [6, 6.07) is 7.46. The number of alkyl halides is 2. The molecule has 1 saturated heterocycles. The largest absolute Gasteiger partial charge is 0.493 e. The van der Waals surface area contributed by atoms with E-state index in [4.69, 9.17) is 4.74 Å². The molecule has 0 bridgehead atoms. The molecular formula is C22H20F4N2O4. The number of piperazine rings is 1. The van der Waals surface area contributed by atoms with Gasteiger partial charge in [-0.25, -0.2) is 8.78 Å². The molecular weight excluding hydrogens is 432 g/mol. The number of methoxy groups -OCH3 is 1. The zero-order valence-electron chi connectivity index (χ0n) is 17.1. The summed E-state index contributed by atoms with van der Waals surface area (Å²) in [5.41, 5.74) is 0.262. The van der Waals surface area contributed by atoms with Gasteiger partial charge < -0.3 is 19.3 Å². The van der Waals surface area contributed by atoms with Crippen LogP contribution in [0.3, 0.4) is 0 Å². The first kappa shape index (κ1) is 23.1. The summed E-state index contributed by atoms with van der Waals surface area (Å²) >= 11 is 0. The number of hydrogen-bond donors (Lipinski definition) is 0. The van der Waals surface area contributed by atoms with E-state index in [-0.39, 0.29) is 54.7 Å². The van der Waals surface area contributed by atoms with Crippen LogP contribution in [0.15, 0.2) is 42.5 Å². The zero-order valence-corrected chi connectivity index (χ0v) is 17.1. The maximum Gasteiger partial charge on any atom is 0.387 e. The molecule has 6 nitrogen and oxygen atoms in total. The number of para-hydroxylation sites is 1. The summed E-state index contributed by atoms with van der Waals surface area (Å²) in [5, 5.41) is 0. The first-order valence-electron chi connectivity index (χ1n) is 9.63. The Morgan fingerprint density at radius 1 is 1.00 bits per heavy atom. The van der Waals surface area contributed by atoms with Crippen molar-refractivity contribution in [1.82, 2.24) is 9.80 Å². The number of nitrogens with zero attached hydrogens (tertiary/aromatic N) is 2. The Hall–Kier alpha value is -3.56. The van der Waals surface area contributed by atoms with Crippen LogP contribution in [0.1, 0.15) is 15.9 Å². The number of halogens is 4. The second-order valence-corrected chi connectivity index (χ2v) is 6.84. The van der Waals surface area contributed by atoms with Crippen LogP contribution in [0.25, 0.3) is 6.08 Å². The van der Waals surface area contributed by atoms with E-state index < -0.39 is 24.2 Å². The van der Waals surface area contributed by atoms with Crippen LogP contribution in [0.5, 0.6) is 11.5 Å². The normalized spacial score (nSPS) is 14.2. The quantitative estimate of drug-likeness (QED) is 0.497. The highest BCUT2D eigenvalue weighted by molar-refractivity contribution is 5.95. The van der Waals surface area contributed by atoms with Crippen molar-refractivity contribution in [2.24, 2.45) is 0 Å². The van der Waals surface area contributed by atoms with Crippen molar-refractivity contribution in [3.63, 3.8) is 0 Å². The Morgan fingerprint density at radius 2 is 1.69 bits per heavy atom. The van der Waals surface area contributed by atoms with E-state index >= 15 is 0 Å². The first-order valence-corrected chi connectivity index (χ1v) is 9.63. The van der Waals surface area contributed by atoms with Crippen molar-refractivity contribution in [2.75, 3.05) is 33.3 Å². The molecule has 1 aliphatic heterocycles. The molecule has 0 aromatic heterocycles. The van der Waals surface area contributed by atoms with E-state index in [0.717, 1.165) is 12.1 Å². The minimum absolute atomic E-state index is 0.0214. The molecule has 3 rings (SSSR count). The van der Waals surface area contributed by atoms with Crippen molar-refractivity contribution in [3.05, 3.63) is 65.2 Å². The highest BCUT2D eigenvalue weighted by Gasteiger charge is 2.24. The molecule has 0 aliphatic carbocycles. The first-order chi connectivity index (χ1) is 15.3. The van der Waals surface area contributed by atoms with E-state index in [1.807, 2.05) is 0 Å². The van der Waals surface area contributed by atoms with Gasteiger partial charge in [0.05, 0.1) is 7.11 Å². The van der Waals surface area contributed by atoms with Crippen molar-refractivity contribution >= 4 is 17.9 Å². The lowest BCUT2D eigenvalue weighted by Crippen LogP contribution is -2.50. The molecule has 0 unspecified atom stereocenters. The number of rotatable bonds is 6. The standard InChI is InChI=1S/C22H20F4N2O4/c1-31-18-4-2-3-14(20(18)32-22(25)26)6-8-19(29)27-9-11-28(12-10-27)21(30)15-5-7-16(23)17(24)13-15/h2-8,13,22H,9-12H2,1H3/b8-6+. The number of carbonyl (C=O) groups excluding carboxylic acids is 2. The smallest absolute Gasteiger partial charge is 0.387 e. The molecule has 2 amide bonds. The third kappa shape index (κ3) is 5.37. The fourth-order valence-electron chi connectivity index (χ4n) is 3.25. The van der Waals surface area contributed by atoms with Crippen molar-refractivity contribution in [1.29, 1.82) is 0 Å². The van der Waals surface area contributed by atoms with Crippen LogP contribution in [-0.4, -0.2) is 61.5 Å². The topological polar surface area (TPSA) is 59.1 Å². The van der Waals surface area contributed by atoms with Gasteiger partial charge in [-0.15, -0.1) is 0 Å². The van der Waals surface area contributed by atoms with Crippen LogP contribution in [0.2, 0.25) is 0 Å². The Kier molecular flexibility index (Phi) is 7.34. The lowest BCUT2D eigenvalue weighted by atomic mass is 10.1. The molecule has 2 aromatic rings. The van der Waals surface area contributed by atoms with Gasteiger partial charge >= 0.3 is 6.61 Å². The molecule has 0 atom stereocenters. The number of hydrogen-bond acceptors (Lipinski definition) is 4. The Bertz CT molecular complexity index is 1020. The fraction of sp³-hybridized carbons (Fsp3) is 0.273. The third-order valence-corrected chi connectivity index (χ3v) is 4.89. The minimum Gasteiger partial charge on any atom is -0.493 e. The SMILES string of the molecule is COc1cccc(/C=C/C(=O)N2CCN(C(=O)c3ccc(F)c(F)c3)CC2)c1OC(F)F. The zero-order chi connectivity index (χ0) is 23.3. The number of amides is 2. The van der Waals surface area contributed by atoms with E-state index in [1.54, 1.807) is 6.07 Å². The number of carbonyl (C=O) groups is 2. The van der Waals surface area contributed by atoms with E-state index in [2.05, 4.69) is 4.74 Å². The average Bonchev–Trinajstić information content (AvgIpc) is 2.79. The summed E-state index contributed by atoms with van der Waals surface area (Å²) in [4.78, 5) is 27.9. The summed E-state index contributed by atoms with van der Waals surface area (Å²) in [6.07, 6.45) is 2.57. The highest BCUT2D eigenvalue weighted by Crippen LogP contribution is 2.33. The van der Waals surface area contributed by atoms with Gasteiger partial charge in [-0.1, -0.05) is 12.1 Å². The summed E-state index contributed by atoms with van der Waals surface area (Å²) in [6.45, 7) is -2.21. The van der Waals surface area contributed by atoms with Gasteiger partial charge in [-0.05, 0) is 30.3 Å². The van der Waals surface area contributed by atoms with Crippen LogP contribution in [0.4, 0.5) is 17.6 Å². The van der Waals surface area contributed by atoms with Crippen LogP contribution >= 0.6 is 0 Å². The summed E-state index contributed by atoms with van der Waals surface area (Å²) < 4.78 is 61.4. The maximum absolute atomic E-state index is 13.4. The molecule has 0 radical (unpaired) electrons. The molecule has 32 heavy (non-hydrogen) atoms. The minimum atomic E-state index is -3.06. The second kappa shape index (κ2) is 10.2. The Labute approximate surface area is 181 Å². The second-order valence-electron chi connectivity index (χ2n) is 6.84. The van der Waals surface area contributed by atoms with Gasteiger partial charge in [0, 0.05) is 43.4 Å². The molecule has 0 spiro atoms. The summed E-state index contributed by atoms with van der Waals surface area (Å²) in [5.74, 6) is -3.07. The van der Waals surface area contributed by atoms with Crippen molar-refractivity contribution in [3.8, 4) is 11.5 Å². The lowest BCUT2D eigenvalue weighted by Gasteiger charge is -2.34. The molecule has 2 aromatic carbocycles. The molecule has 1 aliphatic rings. The Balaban J connectivity index is 1.63. The van der Waals surface area contributed by atoms with Gasteiger partial charge in [-0.3, -0.25) is 9.59 Å². The van der Waals surface area contributed by atoms with Gasteiger partial charge in [0.2, 0.25) is 5.91 Å². The van der Waals surface area contributed by atoms with Crippen LogP contribution in [-0.2, 0) is 4.79 Å². The predicted molar refractivity (Wildman–Crippen MR) is 108 cm³/mol. The Morgan fingerprint density at radius 3 is 2.31 bits per heavy atom. The van der Waals surface area contributed by atoms with Gasteiger partial charge in [-0.2, -0.15) is 8.78 Å². The van der Waals surface area contributed by atoms with Crippen molar-refractivity contribution in [2.45, 2.75) is 6.61 Å². The van der Waals surface area contributed by atoms with Gasteiger partial charge in [0.1, 0.15) is 0 Å². The molecule has 0 N–H and O–H groups in total. The van der Waals surface area contributed by atoms with Crippen LogP contribution in [0, 0.1) is 11.6 Å². The van der Waals surface area contributed by atoms with Crippen molar-refractivity contribution < 1.29 is 36.6 Å². The molecule has 10 heteroatoms. The van der Waals surface area contributed by atoms with E-state index in [9.17, 15) is 27.2 Å². The average molecular weight is 452 g/mol. The highest BCUT2D eigenvalue weighted by atomic mass is 19.3. The van der Waals surface area contributed by atoms with Gasteiger partial charge in [0.15, 0.2) is 23.1 Å². The van der Waals surface area contributed by atoms with Gasteiger partial charge in [0.25, 0.3) is 5.91 Å². The number of ether oxygens (including phenoxy) is 2. The third-order valence-electron chi connectivity index (χ3n) is 4.89. The molecule has 1 heterocycles. The predicted octanol–water partition coefficient (Wildman–Crippen LogP) is 3.57. The summed E-state index contributed by atoms with van der Waals surface area (Å²) in [7, 11) is 1.31. The lowest BCUT2D eigenvalue weighted by molar-refractivity contribution is -0.127. The fourth-order valence-corrected chi connectivity index (χ4v) is 3.25. The van der Waals surface area contributed by atoms with E-state index in [1.165, 1.54) is 47.3 Å². The molecule has 1 fully saturated rings. The monoisotopic (exact) mass is 452 g/mol. The van der Waals surface area contributed by atoms with Crippen LogP contribution < -0.4 is 9.47 Å². The molecule has 170 valence electrons. The number of benzene rings is 2. The van der Waals surface area contributed by atoms with E-state index in [0.29, 0.717) is 0 Å².